The molecule has 0 N–H and O–H groups in total. The molecule has 23 heavy (non-hydrogen) atoms. The van der Waals surface area contributed by atoms with Crippen LogP contribution in [0.15, 0.2) is 16.6 Å². The zero-order chi connectivity index (χ0) is 17.4. The Morgan fingerprint density at radius 3 is 2.52 bits per heavy atom. The minimum atomic E-state index is -0.447. The summed E-state index contributed by atoms with van der Waals surface area (Å²) in [4.78, 5) is 25.2. The Bertz CT molecular complexity index is 562. The Kier molecular flexibility index (Phi) is 7.88. The van der Waals surface area contributed by atoms with Crippen molar-refractivity contribution in [3.63, 3.8) is 0 Å². The summed E-state index contributed by atoms with van der Waals surface area (Å²) >= 11 is 3.39. The minimum absolute atomic E-state index is 0.110. The van der Waals surface area contributed by atoms with Crippen molar-refractivity contribution in [2.75, 3.05) is 33.9 Å². The van der Waals surface area contributed by atoms with Crippen LogP contribution in [0.25, 0.3) is 0 Å². The molecule has 0 aliphatic carbocycles. The summed E-state index contributed by atoms with van der Waals surface area (Å²) in [5.41, 5.74) is 0.393. The molecule has 1 aromatic carbocycles. The summed E-state index contributed by atoms with van der Waals surface area (Å²) < 4.78 is 16.4. The molecular formula is C16H22BrNO5. The van der Waals surface area contributed by atoms with Gasteiger partial charge in [-0.05, 0) is 41.4 Å². The lowest BCUT2D eigenvalue weighted by molar-refractivity contribution is -0.143. The van der Waals surface area contributed by atoms with Crippen molar-refractivity contribution in [1.82, 2.24) is 4.90 Å². The van der Waals surface area contributed by atoms with Gasteiger partial charge in [0.05, 0.1) is 24.8 Å². The van der Waals surface area contributed by atoms with Gasteiger partial charge in [0.1, 0.15) is 6.54 Å². The second-order valence-corrected chi connectivity index (χ2v) is 5.66. The Morgan fingerprint density at radius 1 is 1.26 bits per heavy atom. The molecule has 0 unspecified atom stereocenters. The molecular weight excluding hydrogens is 366 g/mol. The van der Waals surface area contributed by atoms with Gasteiger partial charge >= 0.3 is 5.97 Å². The van der Waals surface area contributed by atoms with E-state index in [1.165, 1.54) is 12.0 Å². The number of hydrogen-bond acceptors (Lipinski definition) is 5. The van der Waals surface area contributed by atoms with Crippen molar-refractivity contribution in [3.05, 3.63) is 22.2 Å². The van der Waals surface area contributed by atoms with E-state index in [-0.39, 0.29) is 19.1 Å². The number of nitrogens with zero attached hydrogens (tertiary/aromatic N) is 1. The highest BCUT2D eigenvalue weighted by molar-refractivity contribution is 9.10. The molecule has 0 atom stereocenters. The fraction of sp³-hybridized carbons (Fsp3) is 0.500. The Labute approximate surface area is 144 Å². The summed E-state index contributed by atoms with van der Waals surface area (Å²) in [7, 11) is 3.05. The Morgan fingerprint density at radius 2 is 1.96 bits per heavy atom. The van der Waals surface area contributed by atoms with Crippen LogP contribution in [0.4, 0.5) is 0 Å². The molecule has 0 saturated carbocycles. The third kappa shape index (κ3) is 5.42. The minimum Gasteiger partial charge on any atom is -0.493 e. The molecule has 0 radical (unpaired) electrons. The van der Waals surface area contributed by atoms with Gasteiger partial charge in [-0.1, -0.05) is 6.92 Å². The van der Waals surface area contributed by atoms with E-state index in [4.69, 9.17) is 14.2 Å². The summed E-state index contributed by atoms with van der Waals surface area (Å²) in [6.07, 6.45) is 0.860. The molecule has 1 rings (SSSR count). The maximum Gasteiger partial charge on any atom is 0.325 e. The van der Waals surface area contributed by atoms with Gasteiger partial charge in [-0.25, -0.2) is 0 Å². The molecule has 0 aromatic heterocycles. The topological polar surface area (TPSA) is 65.1 Å². The van der Waals surface area contributed by atoms with Gasteiger partial charge in [0.2, 0.25) is 0 Å². The molecule has 0 spiro atoms. The number of likely N-dealkylation sites (N-methyl/N-ethyl adjacent to an activating group) is 1. The first-order valence-corrected chi connectivity index (χ1v) is 8.15. The molecule has 0 aliphatic rings. The van der Waals surface area contributed by atoms with Crippen LogP contribution in [0.1, 0.15) is 30.6 Å². The summed E-state index contributed by atoms with van der Waals surface area (Å²) in [6, 6.07) is 3.25. The predicted molar refractivity (Wildman–Crippen MR) is 90.1 cm³/mol. The monoisotopic (exact) mass is 387 g/mol. The SMILES string of the molecule is CCCOc1c(Br)cc(C(=O)N(C)CC(=O)OCC)cc1OC. The number of amides is 1. The molecule has 0 aliphatic heterocycles. The van der Waals surface area contributed by atoms with Gasteiger partial charge in [-0.15, -0.1) is 0 Å². The highest BCUT2D eigenvalue weighted by Crippen LogP contribution is 2.37. The average molecular weight is 388 g/mol. The smallest absolute Gasteiger partial charge is 0.325 e. The van der Waals surface area contributed by atoms with Crippen LogP contribution >= 0.6 is 15.9 Å². The number of carbonyl (C=O) groups excluding carboxylic acids is 2. The van der Waals surface area contributed by atoms with Crippen LogP contribution in [0.5, 0.6) is 11.5 Å². The quantitative estimate of drug-likeness (QED) is 0.641. The molecule has 0 heterocycles. The third-order valence-corrected chi connectivity index (χ3v) is 3.53. The predicted octanol–water partition coefficient (Wildman–Crippen LogP) is 2.88. The number of rotatable bonds is 8. The molecule has 1 amide bonds. The van der Waals surface area contributed by atoms with Crippen LogP contribution < -0.4 is 9.47 Å². The van der Waals surface area contributed by atoms with Crippen LogP contribution in [0.3, 0.4) is 0 Å². The zero-order valence-electron chi connectivity index (χ0n) is 13.8. The standard InChI is InChI=1S/C16H22BrNO5/c1-5-7-23-15-12(17)8-11(9-13(15)21-4)16(20)18(3)10-14(19)22-6-2/h8-9H,5-7,10H2,1-4H3. The first-order valence-electron chi connectivity index (χ1n) is 7.35. The lowest BCUT2D eigenvalue weighted by Gasteiger charge is -2.18. The van der Waals surface area contributed by atoms with E-state index < -0.39 is 5.97 Å². The molecule has 6 nitrogen and oxygen atoms in total. The number of carbonyl (C=O) groups is 2. The molecule has 0 bridgehead atoms. The van der Waals surface area contributed by atoms with Crippen molar-refractivity contribution in [1.29, 1.82) is 0 Å². The van der Waals surface area contributed by atoms with Crippen molar-refractivity contribution in [2.24, 2.45) is 0 Å². The fourth-order valence-electron chi connectivity index (χ4n) is 1.88. The number of methoxy groups -OCH3 is 1. The van der Waals surface area contributed by atoms with Crippen LogP contribution in [0.2, 0.25) is 0 Å². The molecule has 0 fully saturated rings. The van der Waals surface area contributed by atoms with Gasteiger partial charge < -0.3 is 19.1 Å². The Hall–Kier alpha value is -1.76. The van der Waals surface area contributed by atoms with Crippen molar-refractivity contribution < 1.29 is 23.8 Å². The van der Waals surface area contributed by atoms with E-state index in [1.807, 2.05) is 6.92 Å². The van der Waals surface area contributed by atoms with E-state index in [1.54, 1.807) is 26.1 Å². The van der Waals surface area contributed by atoms with Gasteiger partial charge in [0.15, 0.2) is 11.5 Å². The lowest BCUT2D eigenvalue weighted by atomic mass is 10.1. The number of ether oxygens (including phenoxy) is 3. The summed E-state index contributed by atoms with van der Waals surface area (Å²) in [5, 5.41) is 0. The van der Waals surface area contributed by atoms with Gasteiger partial charge in [0.25, 0.3) is 5.91 Å². The highest BCUT2D eigenvalue weighted by Gasteiger charge is 2.20. The molecule has 0 saturated heterocycles. The van der Waals surface area contributed by atoms with Crippen LogP contribution in [0, 0.1) is 0 Å². The van der Waals surface area contributed by atoms with E-state index >= 15 is 0 Å². The van der Waals surface area contributed by atoms with Crippen molar-refractivity contribution in [3.8, 4) is 11.5 Å². The number of benzene rings is 1. The maximum atomic E-state index is 12.4. The Balaban J connectivity index is 2.97. The van der Waals surface area contributed by atoms with Crippen molar-refractivity contribution in [2.45, 2.75) is 20.3 Å². The normalized spacial score (nSPS) is 10.1. The largest absolute Gasteiger partial charge is 0.493 e. The number of hydrogen-bond donors (Lipinski definition) is 0. The first-order chi connectivity index (χ1) is 10.9. The first kappa shape index (κ1) is 19.3. The van der Waals surface area contributed by atoms with E-state index in [0.717, 1.165) is 6.42 Å². The van der Waals surface area contributed by atoms with E-state index in [0.29, 0.717) is 28.1 Å². The summed E-state index contributed by atoms with van der Waals surface area (Å²) in [5.74, 6) is 0.260. The van der Waals surface area contributed by atoms with E-state index in [9.17, 15) is 9.59 Å². The third-order valence-electron chi connectivity index (χ3n) is 2.95. The molecule has 128 valence electrons. The maximum absolute atomic E-state index is 12.4. The summed E-state index contributed by atoms with van der Waals surface area (Å²) in [6.45, 7) is 4.44. The second kappa shape index (κ2) is 9.39. The number of esters is 1. The fourth-order valence-corrected chi connectivity index (χ4v) is 2.44. The van der Waals surface area contributed by atoms with Crippen molar-refractivity contribution >= 4 is 27.8 Å². The van der Waals surface area contributed by atoms with Crippen LogP contribution in [-0.2, 0) is 9.53 Å². The lowest BCUT2D eigenvalue weighted by Crippen LogP contribution is -2.33. The highest BCUT2D eigenvalue weighted by atomic mass is 79.9. The van der Waals surface area contributed by atoms with Gasteiger partial charge in [-0.2, -0.15) is 0 Å². The number of halogens is 1. The molecule has 7 heteroatoms. The van der Waals surface area contributed by atoms with E-state index in [2.05, 4.69) is 15.9 Å². The van der Waals surface area contributed by atoms with Gasteiger partial charge in [0, 0.05) is 12.6 Å². The van der Waals surface area contributed by atoms with Crippen LogP contribution in [-0.4, -0.2) is 50.7 Å². The average Bonchev–Trinajstić information content (AvgIpc) is 2.52. The zero-order valence-corrected chi connectivity index (χ0v) is 15.4. The second-order valence-electron chi connectivity index (χ2n) is 4.80. The molecule has 1 aromatic rings. The van der Waals surface area contributed by atoms with Gasteiger partial charge in [-0.3, -0.25) is 9.59 Å².